The standard InChI is InChI=1S/C27H34N4O4/c1-19(2)16-21(32)18-31-24(20-8-7-9-22(17-20)34-3)11-10-23(27(31)33)26-28-25(35-29-26)12-15-30-13-5-4-6-14-30/h7-11,17,19H,4-6,12-16,18H2,1-3H3. The van der Waals surface area contributed by atoms with Crippen molar-refractivity contribution < 1.29 is 14.1 Å². The Morgan fingerprint density at radius 1 is 1.14 bits per heavy atom. The molecule has 0 spiro atoms. The summed E-state index contributed by atoms with van der Waals surface area (Å²) in [6, 6.07) is 11.0. The van der Waals surface area contributed by atoms with Crippen molar-refractivity contribution in [3.05, 3.63) is 52.6 Å². The van der Waals surface area contributed by atoms with E-state index in [1.54, 1.807) is 13.2 Å². The second kappa shape index (κ2) is 11.4. The van der Waals surface area contributed by atoms with E-state index < -0.39 is 0 Å². The minimum atomic E-state index is -0.314. The number of ketones is 1. The van der Waals surface area contributed by atoms with Crippen LogP contribution in [0.5, 0.6) is 5.75 Å². The Balaban J connectivity index is 1.64. The molecule has 1 fully saturated rings. The molecule has 0 radical (unpaired) electrons. The summed E-state index contributed by atoms with van der Waals surface area (Å²) in [6.45, 7) is 7.03. The molecule has 0 aliphatic carbocycles. The third kappa shape index (κ3) is 6.25. The van der Waals surface area contributed by atoms with Gasteiger partial charge in [0.05, 0.1) is 24.9 Å². The normalized spacial score (nSPS) is 14.4. The third-order valence-electron chi connectivity index (χ3n) is 6.31. The highest BCUT2D eigenvalue weighted by atomic mass is 16.5. The molecule has 0 saturated carbocycles. The monoisotopic (exact) mass is 478 g/mol. The number of benzene rings is 1. The van der Waals surface area contributed by atoms with Gasteiger partial charge >= 0.3 is 0 Å². The zero-order valence-electron chi connectivity index (χ0n) is 20.8. The molecule has 0 unspecified atom stereocenters. The molecular formula is C27H34N4O4. The maximum Gasteiger partial charge on any atom is 0.262 e. The van der Waals surface area contributed by atoms with Gasteiger partial charge in [-0.15, -0.1) is 0 Å². The molecule has 8 nitrogen and oxygen atoms in total. The molecule has 0 atom stereocenters. The highest BCUT2D eigenvalue weighted by Gasteiger charge is 2.19. The Morgan fingerprint density at radius 2 is 1.94 bits per heavy atom. The van der Waals surface area contributed by atoms with Crippen LogP contribution < -0.4 is 10.3 Å². The van der Waals surface area contributed by atoms with E-state index in [0.717, 1.165) is 25.2 Å². The second-order valence-corrected chi connectivity index (χ2v) is 9.56. The quantitative estimate of drug-likeness (QED) is 0.431. The van der Waals surface area contributed by atoms with Gasteiger partial charge in [0.25, 0.3) is 5.56 Å². The van der Waals surface area contributed by atoms with Gasteiger partial charge in [0.2, 0.25) is 11.7 Å². The molecular weight excluding hydrogens is 444 g/mol. The molecule has 0 amide bonds. The number of ether oxygens (including phenoxy) is 1. The summed E-state index contributed by atoms with van der Waals surface area (Å²) in [5.41, 5.74) is 1.44. The van der Waals surface area contributed by atoms with E-state index in [1.165, 1.54) is 23.8 Å². The van der Waals surface area contributed by atoms with Crippen molar-refractivity contribution in [2.45, 2.75) is 52.5 Å². The van der Waals surface area contributed by atoms with Gasteiger partial charge in [-0.25, -0.2) is 0 Å². The SMILES string of the molecule is COc1cccc(-c2ccc(-c3noc(CCN4CCCCC4)n3)c(=O)n2CC(=O)CC(C)C)c1. The first-order valence-corrected chi connectivity index (χ1v) is 12.4. The summed E-state index contributed by atoms with van der Waals surface area (Å²) in [5.74, 6) is 1.66. The number of methoxy groups -OCH3 is 1. The first-order chi connectivity index (χ1) is 16.9. The average Bonchev–Trinajstić information content (AvgIpc) is 3.33. The van der Waals surface area contributed by atoms with Crippen molar-refractivity contribution in [1.29, 1.82) is 0 Å². The summed E-state index contributed by atoms with van der Waals surface area (Å²) < 4.78 is 12.3. The van der Waals surface area contributed by atoms with Crippen LogP contribution in [-0.2, 0) is 17.8 Å². The topological polar surface area (TPSA) is 90.5 Å². The number of hydrogen-bond donors (Lipinski definition) is 0. The van der Waals surface area contributed by atoms with Crippen LogP contribution in [0.1, 0.15) is 45.4 Å². The van der Waals surface area contributed by atoms with Crippen molar-refractivity contribution in [1.82, 2.24) is 19.6 Å². The molecule has 186 valence electrons. The largest absolute Gasteiger partial charge is 0.497 e. The Labute approximate surface area is 205 Å². The van der Waals surface area contributed by atoms with Crippen LogP contribution in [0.15, 0.2) is 45.7 Å². The van der Waals surface area contributed by atoms with Crippen LogP contribution in [-0.4, -0.2) is 52.1 Å². The van der Waals surface area contributed by atoms with Crippen molar-refractivity contribution in [3.63, 3.8) is 0 Å². The fourth-order valence-electron chi connectivity index (χ4n) is 4.54. The van der Waals surface area contributed by atoms with E-state index in [2.05, 4.69) is 15.0 Å². The first kappa shape index (κ1) is 24.9. The molecule has 0 N–H and O–H groups in total. The fourth-order valence-corrected chi connectivity index (χ4v) is 4.54. The highest BCUT2D eigenvalue weighted by Crippen LogP contribution is 2.25. The van der Waals surface area contributed by atoms with Gasteiger partial charge in [-0.1, -0.05) is 37.6 Å². The maximum absolute atomic E-state index is 13.6. The summed E-state index contributed by atoms with van der Waals surface area (Å²) in [7, 11) is 1.60. The van der Waals surface area contributed by atoms with Gasteiger partial charge in [0.1, 0.15) is 5.75 Å². The maximum atomic E-state index is 13.6. The van der Waals surface area contributed by atoms with Gasteiger partial charge in [-0.05, 0) is 56.1 Å². The predicted octanol–water partition coefficient (Wildman–Crippen LogP) is 4.22. The Kier molecular flexibility index (Phi) is 8.13. The van der Waals surface area contributed by atoms with Gasteiger partial charge < -0.3 is 18.7 Å². The molecule has 1 aliphatic heterocycles. The van der Waals surface area contributed by atoms with Gasteiger partial charge in [0.15, 0.2) is 5.78 Å². The minimum Gasteiger partial charge on any atom is -0.497 e. The Morgan fingerprint density at radius 3 is 2.69 bits per heavy atom. The summed E-state index contributed by atoms with van der Waals surface area (Å²) in [4.78, 5) is 33.2. The second-order valence-electron chi connectivity index (χ2n) is 9.56. The van der Waals surface area contributed by atoms with E-state index in [4.69, 9.17) is 9.26 Å². The van der Waals surface area contributed by atoms with E-state index in [0.29, 0.717) is 35.7 Å². The van der Waals surface area contributed by atoms with Gasteiger partial charge in [-0.2, -0.15) is 4.98 Å². The van der Waals surface area contributed by atoms with Crippen molar-refractivity contribution in [2.24, 2.45) is 5.92 Å². The number of rotatable bonds is 10. The highest BCUT2D eigenvalue weighted by molar-refractivity contribution is 5.79. The fraction of sp³-hybridized carbons (Fsp3) is 0.481. The summed E-state index contributed by atoms with van der Waals surface area (Å²) in [5, 5.41) is 4.09. The number of likely N-dealkylation sites (tertiary alicyclic amines) is 1. The zero-order chi connectivity index (χ0) is 24.8. The molecule has 1 saturated heterocycles. The molecule has 0 bridgehead atoms. The number of carbonyl (C=O) groups is 1. The van der Waals surface area contributed by atoms with Crippen LogP contribution in [0.25, 0.3) is 22.6 Å². The summed E-state index contributed by atoms with van der Waals surface area (Å²) in [6.07, 6.45) is 4.79. The molecule has 35 heavy (non-hydrogen) atoms. The molecule has 1 aliphatic rings. The molecule has 3 aromatic rings. The predicted molar refractivity (Wildman–Crippen MR) is 134 cm³/mol. The zero-order valence-corrected chi connectivity index (χ0v) is 20.8. The van der Waals surface area contributed by atoms with Crippen molar-refractivity contribution in [2.75, 3.05) is 26.7 Å². The number of pyridine rings is 1. The van der Waals surface area contributed by atoms with E-state index in [9.17, 15) is 9.59 Å². The van der Waals surface area contributed by atoms with Gasteiger partial charge in [0, 0.05) is 24.9 Å². The molecule has 3 heterocycles. The number of carbonyl (C=O) groups excluding carboxylic acids is 1. The van der Waals surface area contributed by atoms with Crippen LogP contribution >= 0.6 is 0 Å². The molecule has 8 heteroatoms. The lowest BCUT2D eigenvalue weighted by Crippen LogP contribution is -2.31. The van der Waals surface area contributed by atoms with E-state index >= 15 is 0 Å². The first-order valence-electron chi connectivity index (χ1n) is 12.4. The number of nitrogens with zero attached hydrogens (tertiary/aromatic N) is 4. The smallest absolute Gasteiger partial charge is 0.262 e. The lowest BCUT2D eigenvalue weighted by molar-refractivity contribution is -0.120. The average molecular weight is 479 g/mol. The Hall–Kier alpha value is -3.26. The summed E-state index contributed by atoms with van der Waals surface area (Å²) >= 11 is 0. The third-order valence-corrected chi connectivity index (χ3v) is 6.31. The Bertz CT molecular complexity index is 1210. The number of aromatic nitrogens is 3. The van der Waals surface area contributed by atoms with E-state index in [-0.39, 0.29) is 29.6 Å². The lowest BCUT2D eigenvalue weighted by atomic mass is 10.1. The minimum absolute atomic E-state index is 0.00118. The van der Waals surface area contributed by atoms with Crippen LogP contribution in [0.4, 0.5) is 0 Å². The lowest BCUT2D eigenvalue weighted by Gasteiger charge is -2.25. The van der Waals surface area contributed by atoms with Crippen LogP contribution in [0.2, 0.25) is 0 Å². The molecule has 4 rings (SSSR count). The number of piperidine rings is 1. The van der Waals surface area contributed by atoms with Gasteiger partial charge in [-0.3, -0.25) is 9.59 Å². The van der Waals surface area contributed by atoms with Crippen molar-refractivity contribution >= 4 is 5.78 Å². The van der Waals surface area contributed by atoms with Crippen LogP contribution in [0.3, 0.4) is 0 Å². The molecule has 2 aromatic heterocycles. The molecule has 1 aromatic carbocycles. The van der Waals surface area contributed by atoms with Crippen LogP contribution in [0, 0.1) is 5.92 Å². The van der Waals surface area contributed by atoms with E-state index in [1.807, 2.05) is 44.2 Å². The number of hydrogen-bond acceptors (Lipinski definition) is 7. The van der Waals surface area contributed by atoms with Crippen molar-refractivity contribution in [3.8, 4) is 28.4 Å². The number of Topliss-reactive ketones (excluding diaryl/α,β-unsaturated/α-hetero) is 1.